The topological polar surface area (TPSA) is 85.1 Å². The van der Waals surface area contributed by atoms with Crippen LogP contribution < -0.4 is 4.90 Å². The first kappa shape index (κ1) is 34.8. The van der Waals surface area contributed by atoms with Crippen LogP contribution in [0.15, 0.2) is 41.3 Å². The molecule has 2 N–H and O–H groups in total. The average Bonchev–Trinajstić information content (AvgIpc) is 3.23. The number of hydrogen-bond donors (Lipinski definition) is 2. The summed E-state index contributed by atoms with van der Waals surface area (Å²) in [4.78, 5) is 3.94. The van der Waals surface area contributed by atoms with Gasteiger partial charge < -0.3 is 14.6 Å². The Kier molecular flexibility index (Phi) is 19.7. The SMILES string of the molecule is CCCCCCCC/C=C\CCCCCCCCC1N(CCO)CC[NH+]1C.Cc1ccc(S(=O)(=O)[O-])cc1. The van der Waals surface area contributed by atoms with Gasteiger partial charge in [-0.2, -0.15) is 0 Å². The Labute approximate surface area is 234 Å². The van der Waals surface area contributed by atoms with E-state index in [1.807, 2.05) is 6.92 Å². The van der Waals surface area contributed by atoms with Crippen LogP contribution in [0.1, 0.15) is 109 Å². The maximum Gasteiger partial charge on any atom is 0.143 e. The quantitative estimate of drug-likeness (QED) is 0.135. The summed E-state index contributed by atoms with van der Waals surface area (Å²) in [7, 11) is -1.96. The van der Waals surface area contributed by atoms with Gasteiger partial charge in [0.2, 0.25) is 0 Å². The highest BCUT2D eigenvalue weighted by molar-refractivity contribution is 7.85. The van der Waals surface area contributed by atoms with Crippen molar-refractivity contribution in [1.82, 2.24) is 4.90 Å². The number of rotatable bonds is 19. The van der Waals surface area contributed by atoms with Gasteiger partial charge in [0.15, 0.2) is 0 Å². The van der Waals surface area contributed by atoms with Crippen molar-refractivity contribution in [3.8, 4) is 0 Å². The molecular weight excluding hydrogens is 496 g/mol. The van der Waals surface area contributed by atoms with Gasteiger partial charge in [0.1, 0.15) is 16.3 Å². The highest BCUT2D eigenvalue weighted by atomic mass is 32.2. The number of benzene rings is 1. The Hall–Kier alpha value is -1.25. The monoisotopic (exact) mass is 552 g/mol. The summed E-state index contributed by atoms with van der Waals surface area (Å²) in [6.07, 6.45) is 26.1. The normalized spacial score (nSPS) is 18.1. The highest BCUT2D eigenvalue weighted by Crippen LogP contribution is 2.13. The van der Waals surface area contributed by atoms with Crippen molar-refractivity contribution in [2.75, 3.05) is 33.3 Å². The Morgan fingerprint density at radius 2 is 1.45 bits per heavy atom. The fourth-order valence-electron chi connectivity index (χ4n) is 5.07. The summed E-state index contributed by atoms with van der Waals surface area (Å²) >= 11 is 0. The molecule has 6 nitrogen and oxygen atoms in total. The molecule has 2 rings (SSSR count). The third kappa shape index (κ3) is 16.7. The first-order chi connectivity index (χ1) is 18.3. The number of likely N-dealkylation sites (N-methyl/N-ethyl adjacent to an activating group) is 1. The summed E-state index contributed by atoms with van der Waals surface area (Å²) < 4.78 is 31.2. The molecule has 1 aliphatic rings. The summed E-state index contributed by atoms with van der Waals surface area (Å²) in [5.41, 5.74) is 0.928. The molecule has 0 radical (unpaired) electrons. The van der Waals surface area contributed by atoms with E-state index >= 15 is 0 Å². The number of nitrogens with one attached hydrogen (secondary N) is 1. The van der Waals surface area contributed by atoms with E-state index in [0.717, 1.165) is 18.7 Å². The van der Waals surface area contributed by atoms with Gasteiger partial charge in [0.05, 0.1) is 31.6 Å². The second kappa shape index (κ2) is 21.6. The summed E-state index contributed by atoms with van der Waals surface area (Å²) in [5.74, 6) is 0. The minimum Gasteiger partial charge on any atom is -0.744 e. The highest BCUT2D eigenvalue weighted by Gasteiger charge is 2.31. The number of unbranched alkanes of at least 4 members (excludes halogenated alkanes) is 12. The van der Waals surface area contributed by atoms with Crippen molar-refractivity contribution < 1.29 is 23.0 Å². The van der Waals surface area contributed by atoms with E-state index in [4.69, 9.17) is 0 Å². The van der Waals surface area contributed by atoms with Gasteiger partial charge in [-0.3, -0.25) is 0 Å². The zero-order valence-corrected chi connectivity index (χ0v) is 25.3. The van der Waals surface area contributed by atoms with Crippen LogP contribution in [0.5, 0.6) is 0 Å². The van der Waals surface area contributed by atoms with Crippen LogP contribution in [0.2, 0.25) is 0 Å². The summed E-state index contributed by atoms with van der Waals surface area (Å²) in [6, 6.07) is 5.78. The van der Waals surface area contributed by atoms with Crippen molar-refractivity contribution in [3.63, 3.8) is 0 Å². The number of aliphatic hydroxyl groups is 1. The van der Waals surface area contributed by atoms with Crippen LogP contribution in [0, 0.1) is 6.92 Å². The predicted octanol–water partition coefficient (Wildman–Crippen LogP) is 5.46. The number of nitrogens with zero attached hydrogens (tertiary/aromatic N) is 1. The van der Waals surface area contributed by atoms with E-state index in [1.165, 1.54) is 115 Å². The van der Waals surface area contributed by atoms with Gasteiger partial charge in [-0.25, -0.2) is 13.3 Å². The largest absolute Gasteiger partial charge is 0.744 e. The number of quaternary nitrogens is 1. The molecule has 2 atom stereocenters. The number of aliphatic hydroxyl groups excluding tert-OH is 1. The van der Waals surface area contributed by atoms with E-state index in [0.29, 0.717) is 12.8 Å². The van der Waals surface area contributed by atoms with E-state index in [2.05, 4.69) is 31.0 Å². The van der Waals surface area contributed by atoms with Crippen LogP contribution in [0.4, 0.5) is 0 Å². The lowest BCUT2D eigenvalue weighted by atomic mass is 10.1. The second-order valence-corrected chi connectivity index (χ2v) is 12.2. The average molecular weight is 553 g/mol. The molecule has 220 valence electrons. The lowest BCUT2D eigenvalue weighted by Gasteiger charge is -2.24. The second-order valence-electron chi connectivity index (χ2n) is 10.9. The molecule has 0 saturated carbocycles. The van der Waals surface area contributed by atoms with Crippen LogP contribution in [0.3, 0.4) is 0 Å². The maximum absolute atomic E-state index is 10.4. The number of β-amino-alcohol motifs (C(OH)–C–C–N with tert-alkyl or cyclic N) is 1. The molecule has 0 aliphatic carbocycles. The standard InChI is InChI=1S/C24H48N2O.C7H8O3S/c1-3-4-5-6-7-8-9-10-11-12-13-14-15-16-17-18-19-24-25(2)20-21-26(24)22-23-27;1-6-2-4-7(5-3-6)11(8,9)10/h10-11,24,27H,3-9,12-23H2,1-2H3;2-5H,1H3,(H,8,9,10)/b11-10-;. The van der Waals surface area contributed by atoms with Crippen LogP contribution in [-0.2, 0) is 10.1 Å². The van der Waals surface area contributed by atoms with E-state index < -0.39 is 10.1 Å². The Bertz CT molecular complexity index is 825. The molecule has 0 bridgehead atoms. The third-order valence-corrected chi connectivity index (χ3v) is 8.34. The van der Waals surface area contributed by atoms with Crippen molar-refractivity contribution in [1.29, 1.82) is 0 Å². The van der Waals surface area contributed by atoms with Crippen LogP contribution in [0.25, 0.3) is 0 Å². The van der Waals surface area contributed by atoms with E-state index in [9.17, 15) is 18.1 Å². The number of hydrogen-bond acceptors (Lipinski definition) is 5. The molecule has 0 aromatic heterocycles. The molecule has 0 amide bonds. The zero-order valence-electron chi connectivity index (χ0n) is 24.5. The lowest BCUT2D eigenvalue weighted by molar-refractivity contribution is -0.898. The fraction of sp³-hybridized carbons (Fsp3) is 0.742. The minimum atomic E-state index is -4.27. The van der Waals surface area contributed by atoms with Crippen molar-refractivity contribution in [2.24, 2.45) is 0 Å². The maximum atomic E-state index is 10.4. The number of allylic oxidation sites excluding steroid dienone is 2. The Morgan fingerprint density at radius 1 is 0.921 bits per heavy atom. The third-order valence-electron chi connectivity index (χ3n) is 7.49. The van der Waals surface area contributed by atoms with Gasteiger partial charge in [-0.05, 0) is 51.2 Å². The molecular formula is C31H56N2O4S. The first-order valence-electron chi connectivity index (χ1n) is 15.1. The zero-order chi connectivity index (χ0) is 28.1. The Morgan fingerprint density at radius 3 is 1.97 bits per heavy atom. The van der Waals surface area contributed by atoms with Gasteiger partial charge >= 0.3 is 0 Å². The molecule has 1 aromatic carbocycles. The smallest absolute Gasteiger partial charge is 0.143 e. The summed E-state index contributed by atoms with van der Waals surface area (Å²) in [6.45, 7) is 7.65. The van der Waals surface area contributed by atoms with E-state index in [-0.39, 0.29) is 4.90 Å². The van der Waals surface area contributed by atoms with Gasteiger partial charge in [0.25, 0.3) is 0 Å². The van der Waals surface area contributed by atoms with Crippen LogP contribution in [-0.4, -0.2) is 62.4 Å². The molecule has 0 spiro atoms. The van der Waals surface area contributed by atoms with Gasteiger partial charge in [0, 0.05) is 13.0 Å². The molecule has 1 aromatic rings. The molecule has 7 heteroatoms. The predicted molar refractivity (Wildman–Crippen MR) is 157 cm³/mol. The number of aryl methyl sites for hydroxylation is 1. The fourth-order valence-corrected chi connectivity index (χ4v) is 5.54. The molecule has 2 unspecified atom stereocenters. The minimum absolute atomic E-state index is 0.178. The first-order valence-corrected chi connectivity index (χ1v) is 16.5. The Balaban J connectivity index is 0.000000544. The van der Waals surface area contributed by atoms with Crippen LogP contribution >= 0.6 is 0 Å². The molecule has 1 saturated heterocycles. The van der Waals surface area contributed by atoms with E-state index in [1.54, 1.807) is 17.0 Å². The molecule has 1 heterocycles. The molecule has 1 aliphatic heterocycles. The van der Waals surface area contributed by atoms with Gasteiger partial charge in [-0.1, -0.05) is 94.6 Å². The molecule has 1 fully saturated rings. The van der Waals surface area contributed by atoms with Gasteiger partial charge in [-0.15, -0.1) is 0 Å². The van der Waals surface area contributed by atoms with Crippen molar-refractivity contribution in [2.45, 2.75) is 121 Å². The summed E-state index contributed by atoms with van der Waals surface area (Å²) in [5, 5.41) is 9.19. The lowest BCUT2D eigenvalue weighted by Crippen LogP contribution is -3.11. The van der Waals surface area contributed by atoms with Crippen molar-refractivity contribution >= 4 is 10.1 Å². The molecule has 38 heavy (non-hydrogen) atoms. The van der Waals surface area contributed by atoms with Crippen molar-refractivity contribution in [3.05, 3.63) is 42.0 Å².